The predicted molar refractivity (Wildman–Crippen MR) is 77.4 cm³/mol. The fourth-order valence-corrected chi connectivity index (χ4v) is 2.11. The minimum atomic E-state index is -0.355. The highest BCUT2D eigenvalue weighted by atomic mass is 32.1. The van der Waals surface area contributed by atoms with Crippen LogP contribution >= 0.6 is 12.6 Å². The van der Waals surface area contributed by atoms with Crippen LogP contribution in [0.25, 0.3) is 0 Å². The molecule has 2 nitrogen and oxygen atoms in total. The number of carbonyl (C=O) groups excluding carboxylic acids is 1. The standard InChI is InChI=1S/C15H14FNOS/c1-2-17(13-7-4-6-12(16)10-13)15(18)11-5-3-8-14(19)9-11/h3-10,19H,2H2,1H3. The molecule has 19 heavy (non-hydrogen) atoms. The summed E-state index contributed by atoms with van der Waals surface area (Å²) in [5.41, 5.74) is 1.09. The van der Waals surface area contributed by atoms with Gasteiger partial charge in [0.25, 0.3) is 5.91 Å². The monoisotopic (exact) mass is 275 g/mol. The molecule has 2 aromatic rings. The van der Waals surface area contributed by atoms with E-state index in [2.05, 4.69) is 12.6 Å². The molecule has 0 aliphatic carbocycles. The lowest BCUT2D eigenvalue weighted by molar-refractivity contribution is 0.0988. The Bertz CT molecular complexity index is 600. The summed E-state index contributed by atoms with van der Waals surface area (Å²) in [5, 5.41) is 0. The molecular formula is C15H14FNOS. The fourth-order valence-electron chi connectivity index (χ4n) is 1.88. The minimum Gasteiger partial charge on any atom is -0.309 e. The summed E-state index contributed by atoms with van der Waals surface area (Å²) in [6, 6.07) is 13.0. The van der Waals surface area contributed by atoms with Gasteiger partial charge in [-0.2, -0.15) is 0 Å². The normalized spacial score (nSPS) is 10.3. The Balaban J connectivity index is 2.34. The van der Waals surface area contributed by atoms with E-state index in [-0.39, 0.29) is 11.7 Å². The molecule has 0 N–H and O–H groups in total. The number of benzene rings is 2. The maximum absolute atomic E-state index is 13.2. The second-order valence-corrected chi connectivity index (χ2v) is 4.60. The largest absolute Gasteiger partial charge is 0.309 e. The van der Waals surface area contributed by atoms with E-state index < -0.39 is 0 Å². The van der Waals surface area contributed by atoms with Gasteiger partial charge >= 0.3 is 0 Å². The number of hydrogen-bond donors (Lipinski definition) is 1. The number of hydrogen-bond acceptors (Lipinski definition) is 2. The predicted octanol–water partition coefficient (Wildman–Crippen LogP) is 3.78. The first kappa shape index (κ1) is 13.6. The van der Waals surface area contributed by atoms with E-state index in [1.165, 1.54) is 17.0 Å². The highest BCUT2D eigenvalue weighted by Gasteiger charge is 2.16. The number of halogens is 1. The number of carbonyl (C=O) groups is 1. The highest BCUT2D eigenvalue weighted by Crippen LogP contribution is 2.19. The fraction of sp³-hybridized carbons (Fsp3) is 0.133. The lowest BCUT2D eigenvalue weighted by Crippen LogP contribution is -2.30. The van der Waals surface area contributed by atoms with Crippen molar-refractivity contribution in [2.75, 3.05) is 11.4 Å². The zero-order valence-electron chi connectivity index (χ0n) is 10.5. The first-order valence-corrected chi connectivity index (χ1v) is 6.43. The molecule has 0 fully saturated rings. The molecule has 0 unspecified atom stereocenters. The quantitative estimate of drug-likeness (QED) is 0.845. The van der Waals surface area contributed by atoms with Crippen molar-refractivity contribution in [3.8, 4) is 0 Å². The van der Waals surface area contributed by atoms with Gasteiger partial charge in [-0.1, -0.05) is 12.1 Å². The minimum absolute atomic E-state index is 0.163. The lowest BCUT2D eigenvalue weighted by atomic mass is 10.2. The summed E-state index contributed by atoms with van der Waals surface area (Å²) in [7, 11) is 0. The van der Waals surface area contributed by atoms with E-state index in [0.29, 0.717) is 17.8 Å². The molecule has 0 radical (unpaired) electrons. The number of anilines is 1. The summed E-state index contributed by atoms with van der Waals surface area (Å²) in [4.78, 5) is 14.7. The van der Waals surface area contributed by atoms with Gasteiger partial charge in [0.05, 0.1) is 0 Å². The molecule has 0 atom stereocenters. The molecule has 0 heterocycles. The van der Waals surface area contributed by atoms with Crippen LogP contribution in [0.3, 0.4) is 0 Å². The van der Waals surface area contributed by atoms with Crippen LogP contribution in [0.2, 0.25) is 0 Å². The van der Waals surface area contributed by atoms with Crippen LogP contribution in [0.5, 0.6) is 0 Å². The molecule has 0 aromatic heterocycles. The molecular weight excluding hydrogens is 261 g/mol. The van der Waals surface area contributed by atoms with Gasteiger partial charge in [0.15, 0.2) is 0 Å². The Hall–Kier alpha value is -1.81. The second kappa shape index (κ2) is 5.89. The van der Waals surface area contributed by atoms with Gasteiger partial charge in [-0.25, -0.2) is 4.39 Å². The third-order valence-corrected chi connectivity index (χ3v) is 3.05. The Kier molecular flexibility index (Phi) is 4.22. The van der Waals surface area contributed by atoms with Gasteiger partial charge in [-0.3, -0.25) is 4.79 Å². The molecule has 0 aliphatic heterocycles. The lowest BCUT2D eigenvalue weighted by Gasteiger charge is -2.21. The Morgan fingerprint density at radius 1 is 1.21 bits per heavy atom. The maximum atomic E-state index is 13.2. The summed E-state index contributed by atoms with van der Waals surface area (Å²) in [6.45, 7) is 2.33. The second-order valence-electron chi connectivity index (χ2n) is 4.08. The van der Waals surface area contributed by atoms with Crippen molar-refractivity contribution in [3.63, 3.8) is 0 Å². The van der Waals surface area contributed by atoms with E-state index in [0.717, 1.165) is 4.90 Å². The van der Waals surface area contributed by atoms with Crippen LogP contribution in [0.1, 0.15) is 17.3 Å². The first-order chi connectivity index (χ1) is 9.11. The zero-order chi connectivity index (χ0) is 13.8. The van der Waals surface area contributed by atoms with Gasteiger partial charge in [0, 0.05) is 22.7 Å². The molecule has 2 aromatic carbocycles. The van der Waals surface area contributed by atoms with E-state index in [1.807, 2.05) is 6.92 Å². The van der Waals surface area contributed by atoms with Gasteiger partial charge in [0.1, 0.15) is 5.82 Å². The van der Waals surface area contributed by atoms with Crippen molar-refractivity contribution < 1.29 is 9.18 Å². The van der Waals surface area contributed by atoms with Crippen LogP contribution in [0.15, 0.2) is 53.4 Å². The van der Waals surface area contributed by atoms with Crippen LogP contribution < -0.4 is 4.90 Å². The van der Waals surface area contributed by atoms with Crippen molar-refractivity contribution in [2.45, 2.75) is 11.8 Å². The van der Waals surface area contributed by atoms with Gasteiger partial charge < -0.3 is 4.90 Å². The van der Waals surface area contributed by atoms with Crippen LogP contribution in [-0.4, -0.2) is 12.5 Å². The van der Waals surface area contributed by atoms with Crippen molar-refractivity contribution in [3.05, 3.63) is 59.9 Å². The van der Waals surface area contributed by atoms with E-state index in [1.54, 1.807) is 36.4 Å². The van der Waals surface area contributed by atoms with E-state index >= 15 is 0 Å². The SMILES string of the molecule is CCN(C(=O)c1cccc(S)c1)c1cccc(F)c1. The smallest absolute Gasteiger partial charge is 0.258 e. The zero-order valence-corrected chi connectivity index (χ0v) is 11.4. The molecule has 0 aliphatic rings. The molecule has 1 amide bonds. The maximum Gasteiger partial charge on any atom is 0.258 e. The van der Waals surface area contributed by atoms with Gasteiger partial charge in [-0.15, -0.1) is 12.6 Å². The summed E-state index contributed by atoms with van der Waals surface area (Å²) < 4.78 is 13.2. The summed E-state index contributed by atoms with van der Waals surface area (Å²) in [6.07, 6.45) is 0. The average Bonchev–Trinajstić information content (AvgIpc) is 2.39. The molecule has 4 heteroatoms. The number of thiol groups is 1. The Morgan fingerprint density at radius 2 is 1.95 bits per heavy atom. The van der Waals surface area contributed by atoms with Gasteiger partial charge in [-0.05, 0) is 43.3 Å². The van der Waals surface area contributed by atoms with Crippen LogP contribution in [0, 0.1) is 5.82 Å². The molecule has 0 spiro atoms. The molecule has 0 bridgehead atoms. The first-order valence-electron chi connectivity index (χ1n) is 5.98. The Labute approximate surface area is 117 Å². The molecule has 98 valence electrons. The van der Waals surface area contributed by atoms with Crippen LogP contribution in [0.4, 0.5) is 10.1 Å². The number of nitrogens with zero attached hydrogens (tertiary/aromatic N) is 1. The Morgan fingerprint density at radius 3 is 2.58 bits per heavy atom. The van der Waals surface area contributed by atoms with Crippen molar-refractivity contribution in [1.82, 2.24) is 0 Å². The number of amides is 1. The molecule has 0 saturated carbocycles. The number of rotatable bonds is 3. The topological polar surface area (TPSA) is 20.3 Å². The van der Waals surface area contributed by atoms with Gasteiger partial charge in [0.2, 0.25) is 0 Å². The highest BCUT2D eigenvalue weighted by molar-refractivity contribution is 7.80. The molecule has 0 saturated heterocycles. The van der Waals surface area contributed by atoms with Crippen molar-refractivity contribution in [1.29, 1.82) is 0 Å². The van der Waals surface area contributed by atoms with E-state index in [9.17, 15) is 9.18 Å². The molecule has 2 rings (SSSR count). The third kappa shape index (κ3) is 3.15. The van der Waals surface area contributed by atoms with Crippen molar-refractivity contribution in [2.24, 2.45) is 0 Å². The average molecular weight is 275 g/mol. The van der Waals surface area contributed by atoms with Crippen LogP contribution in [-0.2, 0) is 0 Å². The summed E-state index contributed by atoms with van der Waals surface area (Å²) >= 11 is 4.22. The van der Waals surface area contributed by atoms with E-state index in [4.69, 9.17) is 0 Å². The summed E-state index contributed by atoms with van der Waals surface area (Å²) in [5.74, 6) is -0.518. The third-order valence-electron chi connectivity index (χ3n) is 2.77. The van der Waals surface area contributed by atoms with Crippen molar-refractivity contribution >= 4 is 24.2 Å².